The Morgan fingerprint density at radius 2 is 1.73 bits per heavy atom. The van der Waals surface area contributed by atoms with Gasteiger partial charge < -0.3 is 15.0 Å². The molecule has 0 aliphatic carbocycles. The fourth-order valence-corrected chi connectivity index (χ4v) is 3.93. The molecule has 1 heterocycles. The number of nitrogens with zero attached hydrogens (tertiary/aromatic N) is 1. The van der Waals surface area contributed by atoms with Gasteiger partial charge in [0.25, 0.3) is 5.91 Å². The van der Waals surface area contributed by atoms with Crippen LogP contribution in [0, 0.1) is 40.5 Å². The van der Waals surface area contributed by atoms with Crippen molar-refractivity contribution < 1.29 is 19.1 Å². The molecule has 3 rings (SSSR count). The van der Waals surface area contributed by atoms with Gasteiger partial charge in [-0.25, -0.2) is 0 Å². The molecule has 1 atom stereocenters. The molecular formula is C24H28N2O4. The SMILES string of the molecule is Cc1cc(C)c(NC(=O)COC(=O)[C@H]2CC(=O)N(c3cccc(C)c3C)C2)c(C)c1. The lowest BCUT2D eigenvalue weighted by molar-refractivity contribution is -0.151. The Balaban J connectivity index is 1.59. The Hall–Kier alpha value is -3.15. The highest BCUT2D eigenvalue weighted by atomic mass is 16.5. The van der Waals surface area contributed by atoms with Crippen LogP contribution in [0.3, 0.4) is 0 Å². The largest absolute Gasteiger partial charge is 0.455 e. The van der Waals surface area contributed by atoms with Crippen LogP contribution in [0.25, 0.3) is 0 Å². The number of rotatable bonds is 5. The summed E-state index contributed by atoms with van der Waals surface area (Å²) in [6.07, 6.45) is 0.0873. The minimum absolute atomic E-state index is 0.0873. The Kier molecular flexibility index (Phi) is 6.25. The summed E-state index contributed by atoms with van der Waals surface area (Å²) in [5.74, 6) is -1.60. The summed E-state index contributed by atoms with van der Waals surface area (Å²) in [7, 11) is 0. The van der Waals surface area contributed by atoms with E-state index in [9.17, 15) is 14.4 Å². The van der Waals surface area contributed by atoms with E-state index in [0.717, 1.165) is 39.2 Å². The van der Waals surface area contributed by atoms with Crippen LogP contribution in [0.4, 0.5) is 11.4 Å². The average molecular weight is 408 g/mol. The number of benzene rings is 2. The summed E-state index contributed by atoms with van der Waals surface area (Å²) in [4.78, 5) is 38.9. The van der Waals surface area contributed by atoms with Crippen molar-refractivity contribution in [3.8, 4) is 0 Å². The first-order valence-corrected chi connectivity index (χ1v) is 10.1. The van der Waals surface area contributed by atoms with E-state index in [1.807, 2.05) is 65.0 Å². The zero-order chi connectivity index (χ0) is 22.0. The normalized spacial score (nSPS) is 16.0. The molecule has 30 heavy (non-hydrogen) atoms. The van der Waals surface area contributed by atoms with Gasteiger partial charge in [-0.2, -0.15) is 0 Å². The predicted molar refractivity (Wildman–Crippen MR) is 117 cm³/mol. The molecule has 0 saturated carbocycles. The van der Waals surface area contributed by atoms with Crippen LogP contribution in [-0.4, -0.2) is 30.9 Å². The quantitative estimate of drug-likeness (QED) is 0.765. The lowest BCUT2D eigenvalue weighted by atomic mass is 10.1. The monoisotopic (exact) mass is 408 g/mol. The highest BCUT2D eigenvalue weighted by molar-refractivity contribution is 6.00. The zero-order valence-corrected chi connectivity index (χ0v) is 18.2. The third-order valence-electron chi connectivity index (χ3n) is 5.61. The average Bonchev–Trinajstić information content (AvgIpc) is 3.06. The second kappa shape index (κ2) is 8.69. The number of ether oxygens (including phenoxy) is 1. The van der Waals surface area contributed by atoms with Crippen molar-refractivity contribution in [2.24, 2.45) is 5.92 Å². The molecule has 0 unspecified atom stereocenters. The molecule has 1 aliphatic heterocycles. The molecule has 0 aromatic heterocycles. The second-order valence-electron chi connectivity index (χ2n) is 8.05. The van der Waals surface area contributed by atoms with Crippen molar-refractivity contribution in [2.75, 3.05) is 23.4 Å². The molecule has 0 radical (unpaired) electrons. The van der Waals surface area contributed by atoms with Crippen LogP contribution in [-0.2, 0) is 19.1 Å². The highest BCUT2D eigenvalue weighted by Crippen LogP contribution is 2.30. The summed E-state index contributed by atoms with van der Waals surface area (Å²) in [6.45, 7) is 9.68. The molecule has 1 fully saturated rings. The third-order valence-corrected chi connectivity index (χ3v) is 5.61. The van der Waals surface area contributed by atoms with Gasteiger partial charge >= 0.3 is 5.97 Å². The first-order chi connectivity index (χ1) is 14.2. The fourth-order valence-electron chi connectivity index (χ4n) is 3.93. The Labute approximate surface area is 177 Å². The number of aryl methyl sites for hydroxylation is 4. The molecule has 2 aromatic rings. The van der Waals surface area contributed by atoms with Crippen LogP contribution in [0.5, 0.6) is 0 Å². The minimum Gasteiger partial charge on any atom is -0.455 e. The van der Waals surface area contributed by atoms with E-state index in [1.165, 1.54) is 0 Å². The number of amides is 2. The number of nitrogens with one attached hydrogen (secondary N) is 1. The molecule has 158 valence electrons. The molecule has 0 spiro atoms. The Morgan fingerprint density at radius 1 is 1.07 bits per heavy atom. The van der Waals surface area contributed by atoms with E-state index in [2.05, 4.69) is 5.32 Å². The lowest BCUT2D eigenvalue weighted by Crippen LogP contribution is -2.28. The van der Waals surface area contributed by atoms with Gasteiger partial charge in [-0.15, -0.1) is 0 Å². The zero-order valence-electron chi connectivity index (χ0n) is 18.2. The summed E-state index contributed by atoms with van der Waals surface area (Å²) in [6, 6.07) is 9.74. The number of hydrogen-bond donors (Lipinski definition) is 1. The van der Waals surface area contributed by atoms with Gasteiger partial charge in [-0.1, -0.05) is 29.8 Å². The molecule has 1 saturated heterocycles. The maximum Gasteiger partial charge on any atom is 0.311 e. The predicted octanol–water partition coefficient (Wildman–Crippen LogP) is 3.76. The Morgan fingerprint density at radius 3 is 2.40 bits per heavy atom. The number of carbonyl (C=O) groups excluding carboxylic acids is 3. The number of hydrogen-bond acceptors (Lipinski definition) is 4. The highest BCUT2D eigenvalue weighted by Gasteiger charge is 2.37. The van der Waals surface area contributed by atoms with E-state index in [0.29, 0.717) is 0 Å². The molecule has 2 aromatic carbocycles. The van der Waals surface area contributed by atoms with Crippen molar-refractivity contribution in [1.29, 1.82) is 0 Å². The first kappa shape index (κ1) is 21.6. The first-order valence-electron chi connectivity index (χ1n) is 10.1. The summed E-state index contributed by atoms with van der Waals surface area (Å²) >= 11 is 0. The number of anilines is 2. The van der Waals surface area contributed by atoms with Crippen LogP contribution >= 0.6 is 0 Å². The van der Waals surface area contributed by atoms with E-state index < -0.39 is 17.8 Å². The molecule has 6 nitrogen and oxygen atoms in total. The number of carbonyl (C=O) groups is 3. The summed E-state index contributed by atoms with van der Waals surface area (Å²) in [5.41, 5.74) is 6.69. The fraction of sp³-hybridized carbons (Fsp3) is 0.375. The maximum atomic E-state index is 12.5. The van der Waals surface area contributed by atoms with Gasteiger partial charge in [0.1, 0.15) is 0 Å². The van der Waals surface area contributed by atoms with Crippen LogP contribution in [0.2, 0.25) is 0 Å². The van der Waals surface area contributed by atoms with Gasteiger partial charge in [-0.05, 0) is 62.9 Å². The van der Waals surface area contributed by atoms with E-state index >= 15 is 0 Å². The summed E-state index contributed by atoms with van der Waals surface area (Å²) < 4.78 is 5.22. The molecular weight excluding hydrogens is 380 g/mol. The van der Waals surface area contributed by atoms with E-state index in [1.54, 1.807) is 4.90 Å². The maximum absolute atomic E-state index is 12.5. The van der Waals surface area contributed by atoms with Crippen LogP contribution in [0.15, 0.2) is 30.3 Å². The van der Waals surface area contributed by atoms with Crippen LogP contribution in [0.1, 0.15) is 34.2 Å². The molecule has 6 heteroatoms. The van der Waals surface area contributed by atoms with Gasteiger partial charge in [0.2, 0.25) is 5.91 Å². The molecule has 1 aliphatic rings. The van der Waals surface area contributed by atoms with Crippen molar-refractivity contribution in [2.45, 2.75) is 41.0 Å². The molecule has 2 amide bonds. The summed E-state index contributed by atoms with van der Waals surface area (Å²) in [5, 5.41) is 2.82. The van der Waals surface area contributed by atoms with Gasteiger partial charge in [0.15, 0.2) is 6.61 Å². The van der Waals surface area contributed by atoms with Crippen molar-refractivity contribution in [3.63, 3.8) is 0 Å². The molecule has 1 N–H and O–H groups in total. The van der Waals surface area contributed by atoms with E-state index in [-0.39, 0.29) is 25.5 Å². The Bertz CT molecular complexity index is 989. The van der Waals surface area contributed by atoms with Crippen LogP contribution < -0.4 is 10.2 Å². The smallest absolute Gasteiger partial charge is 0.311 e. The second-order valence-corrected chi connectivity index (χ2v) is 8.05. The number of esters is 1. The lowest BCUT2D eigenvalue weighted by Gasteiger charge is -2.20. The van der Waals surface area contributed by atoms with Crippen molar-refractivity contribution in [3.05, 3.63) is 58.1 Å². The van der Waals surface area contributed by atoms with Gasteiger partial charge in [0.05, 0.1) is 5.92 Å². The topological polar surface area (TPSA) is 75.7 Å². The van der Waals surface area contributed by atoms with E-state index in [4.69, 9.17) is 4.74 Å². The van der Waals surface area contributed by atoms with Gasteiger partial charge in [-0.3, -0.25) is 14.4 Å². The molecule has 0 bridgehead atoms. The standard InChI is InChI=1S/C24H28N2O4/c1-14-9-16(3)23(17(4)10-14)25-21(27)13-30-24(29)19-11-22(28)26(12-19)20-8-6-7-15(2)18(20)5/h6-10,19H,11-13H2,1-5H3,(H,25,27)/t19-/m0/s1. The van der Waals surface area contributed by atoms with Crippen molar-refractivity contribution in [1.82, 2.24) is 0 Å². The third kappa shape index (κ3) is 4.53. The van der Waals surface area contributed by atoms with Gasteiger partial charge in [0, 0.05) is 24.3 Å². The minimum atomic E-state index is -0.576. The van der Waals surface area contributed by atoms with Crippen molar-refractivity contribution >= 4 is 29.2 Å².